The predicted octanol–water partition coefficient (Wildman–Crippen LogP) is 12.1. The van der Waals surface area contributed by atoms with Crippen LogP contribution in [0.25, 0.3) is 82.7 Å². The van der Waals surface area contributed by atoms with Gasteiger partial charge in [0.15, 0.2) is 0 Å². The minimum absolute atomic E-state index is 0.189. The zero-order valence-corrected chi connectivity index (χ0v) is 26.9. The summed E-state index contributed by atoms with van der Waals surface area (Å²) in [6, 6.07) is 57.3. The van der Waals surface area contributed by atoms with Crippen LogP contribution in [0, 0.1) is 0 Å². The molecule has 2 heteroatoms. The summed E-state index contributed by atoms with van der Waals surface area (Å²) in [6.07, 6.45) is 0. The Balaban J connectivity index is 1.25. The monoisotopic (exact) mass is 612 g/mol. The molecule has 0 saturated carbocycles. The SMILES string of the molecule is CC1(C)c2cc(-c3cccc(-c4nc5ccccc5n4-c4ccccc4)c3)c3ccccc3c2-c2c1c1ccccc1c1ccccc21. The van der Waals surface area contributed by atoms with Crippen molar-refractivity contribution >= 4 is 43.4 Å². The lowest BCUT2D eigenvalue weighted by molar-refractivity contribution is 0.667. The number of para-hydroxylation sites is 3. The molecular formula is C46H32N2. The molecule has 0 N–H and O–H groups in total. The molecule has 0 atom stereocenters. The van der Waals surface area contributed by atoms with Crippen LogP contribution in [0.4, 0.5) is 0 Å². The van der Waals surface area contributed by atoms with E-state index in [2.05, 4.69) is 176 Å². The summed E-state index contributed by atoms with van der Waals surface area (Å²) in [5, 5.41) is 7.89. The van der Waals surface area contributed by atoms with E-state index in [1.165, 1.54) is 65.7 Å². The number of rotatable bonds is 3. The van der Waals surface area contributed by atoms with Crippen LogP contribution < -0.4 is 0 Å². The van der Waals surface area contributed by atoms with Crippen molar-refractivity contribution < 1.29 is 0 Å². The van der Waals surface area contributed by atoms with Gasteiger partial charge in [0.25, 0.3) is 0 Å². The van der Waals surface area contributed by atoms with E-state index < -0.39 is 0 Å². The molecule has 0 saturated heterocycles. The molecule has 8 aromatic carbocycles. The summed E-state index contributed by atoms with van der Waals surface area (Å²) >= 11 is 0. The van der Waals surface area contributed by atoms with E-state index >= 15 is 0 Å². The second kappa shape index (κ2) is 10.0. The molecule has 9 aromatic rings. The molecule has 0 spiro atoms. The molecule has 0 amide bonds. The fourth-order valence-corrected chi connectivity index (χ4v) is 8.45. The van der Waals surface area contributed by atoms with Gasteiger partial charge in [0.1, 0.15) is 5.82 Å². The second-order valence-corrected chi connectivity index (χ2v) is 13.5. The summed E-state index contributed by atoms with van der Waals surface area (Å²) < 4.78 is 2.28. The van der Waals surface area contributed by atoms with Gasteiger partial charge in [0.05, 0.1) is 11.0 Å². The number of hydrogen-bond donors (Lipinski definition) is 0. The lowest BCUT2D eigenvalue weighted by Gasteiger charge is -2.25. The molecule has 226 valence electrons. The smallest absolute Gasteiger partial charge is 0.145 e. The number of aromatic nitrogens is 2. The normalized spacial score (nSPS) is 13.4. The van der Waals surface area contributed by atoms with Crippen LogP contribution in [0.2, 0.25) is 0 Å². The van der Waals surface area contributed by atoms with Gasteiger partial charge in [-0.05, 0) is 102 Å². The van der Waals surface area contributed by atoms with E-state index in [0.29, 0.717) is 0 Å². The van der Waals surface area contributed by atoms with Gasteiger partial charge in [-0.25, -0.2) is 4.98 Å². The van der Waals surface area contributed by atoms with Crippen LogP contribution in [0.15, 0.2) is 158 Å². The third-order valence-electron chi connectivity index (χ3n) is 10.5. The quantitative estimate of drug-likeness (QED) is 0.182. The number of benzene rings is 8. The van der Waals surface area contributed by atoms with Crippen molar-refractivity contribution in [3.8, 4) is 39.3 Å². The van der Waals surface area contributed by atoms with Gasteiger partial charge >= 0.3 is 0 Å². The van der Waals surface area contributed by atoms with E-state index in [9.17, 15) is 0 Å². The maximum Gasteiger partial charge on any atom is 0.145 e. The van der Waals surface area contributed by atoms with Gasteiger partial charge in [0.2, 0.25) is 0 Å². The third kappa shape index (κ3) is 3.72. The van der Waals surface area contributed by atoms with Crippen LogP contribution >= 0.6 is 0 Å². The molecule has 10 rings (SSSR count). The molecule has 0 unspecified atom stereocenters. The Morgan fingerprint density at radius 2 is 1.06 bits per heavy atom. The lowest BCUT2D eigenvalue weighted by Crippen LogP contribution is -2.16. The Morgan fingerprint density at radius 1 is 0.479 bits per heavy atom. The zero-order chi connectivity index (χ0) is 32.0. The van der Waals surface area contributed by atoms with E-state index in [0.717, 1.165) is 28.1 Å². The molecule has 2 nitrogen and oxygen atoms in total. The van der Waals surface area contributed by atoms with E-state index in [1.807, 2.05) is 0 Å². The summed E-state index contributed by atoms with van der Waals surface area (Å²) in [6.45, 7) is 4.83. The summed E-state index contributed by atoms with van der Waals surface area (Å²) in [5.74, 6) is 0.945. The first-order valence-corrected chi connectivity index (χ1v) is 16.7. The largest absolute Gasteiger partial charge is 0.292 e. The van der Waals surface area contributed by atoms with Crippen molar-refractivity contribution in [1.29, 1.82) is 0 Å². The Morgan fingerprint density at radius 3 is 1.83 bits per heavy atom. The standard InChI is InChI=1S/C46H32N2/c1-46(2)39-28-38(29-15-14-16-30(27-29)45-47-40-25-12-13-26-41(40)48(45)31-17-4-3-5-18-31)34-21-7-9-22-35(34)42(39)43-36-23-10-6-19-32(36)33-20-8-11-24-37(33)44(43)46/h3-28H,1-2H3. The molecule has 0 fully saturated rings. The lowest BCUT2D eigenvalue weighted by atomic mass is 9.78. The van der Waals surface area contributed by atoms with Crippen molar-refractivity contribution in [3.05, 3.63) is 169 Å². The van der Waals surface area contributed by atoms with E-state index in [4.69, 9.17) is 4.98 Å². The highest BCUT2D eigenvalue weighted by atomic mass is 15.1. The molecule has 1 aliphatic carbocycles. The maximum absolute atomic E-state index is 5.19. The van der Waals surface area contributed by atoms with E-state index in [-0.39, 0.29) is 5.41 Å². The highest BCUT2D eigenvalue weighted by Gasteiger charge is 2.40. The zero-order valence-electron chi connectivity index (χ0n) is 26.9. The van der Waals surface area contributed by atoms with Crippen LogP contribution in [-0.2, 0) is 5.41 Å². The molecule has 1 aromatic heterocycles. The van der Waals surface area contributed by atoms with Crippen molar-refractivity contribution in [3.63, 3.8) is 0 Å². The molecule has 0 radical (unpaired) electrons. The molecule has 0 bridgehead atoms. The summed E-state index contributed by atoms with van der Waals surface area (Å²) in [7, 11) is 0. The first-order valence-electron chi connectivity index (χ1n) is 16.7. The Kier molecular flexibility index (Phi) is 5.66. The number of hydrogen-bond acceptors (Lipinski definition) is 1. The van der Waals surface area contributed by atoms with Gasteiger partial charge in [-0.1, -0.05) is 135 Å². The molecule has 1 heterocycles. The van der Waals surface area contributed by atoms with Crippen molar-refractivity contribution in [2.45, 2.75) is 19.3 Å². The van der Waals surface area contributed by atoms with Gasteiger partial charge < -0.3 is 0 Å². The van der Waals surface area contributed by atoms with Crippen LogP contribution in [-0.4, -0.2) is 9.55 Å². The maximum atomic E-state index is 5.19. The molecule has 1 aliphatic rings. The topological polar surface area (TPSA) is 17.8 Å². The number of fused-ring (bicyclic) bond motifs is 11. The minimum atomic E-state index is -0.189. The summed E-state index contributed by atoms with van der Waals surface area (Å²) in [5.41, 5.74) is 12.1. The van der Waals surface area contributed by atoms with Crippen molar-refractivity contribution in [2.75, 3.05) is 0 Å². The first kappa shape index (κ1) is 27.2. The molecule has 48 heavy (non-hydrogen) atoms. The summed E-state index contributed by atoms with van der Waals surface area (Å²) in [4.78, 5) is 5.19. The fourth-order valence-electron chi connectivity index (χ4n) is 8.45. The van der Waals surface area contributed by atoms with Gasteiger partial charge in [-0.15, -0.1) is 0 Å². The number of nitrogens with zero attached hydrogens (tertiary/aromatic N) is 2. The first-order chi connectivity index (χ1) is 23.6. The predicted molar refractivity (Wildman–Crippen MR) is 202 cm³/mol. The highest BCUT2D eigenvalue weighted by molar-refractivity contribution is 6.22. The number of imidazole rings is 1. The minimum Gasteiger partial charge on any atom is -0.292 e. The van der Waals surface area contributed by atoms with Crippen LogP contribution in [0.3, 0.4) is 0 Å². The Hall–Kier alpha value is -5.99. The average Bonchev–Trinajstić information content (AvgIpc) is 3.65. The highest BCUT2D eigenvalue weighted by Crippen LogP contribution is 2.57. The van der Waals surface area contributed by atoms with Gasteiger partial charge in [-0.3, -0.25) is 4.57 Å². The van der Waals surface area contributed by atoms with Crippen molar-refractivity contribution in [1.82, 2.24) is 9.55 Å². The molecule has 0 aliphatic heterocycles. The van der Waals surface area contributed by atoms with Crippen LogP contribution in [0.5, 0.6) is 0 Å². The van der Waals surface area contributed by atoms with Crippen LogP contribution in [0.1, 0.15) is 25.0 Å². The second-order valence-electron chi connectivity index (χ2n) is 13.5. The Labute approximate surface area is 279 Å². The van der Waals surface area contributed by atoms with Gasteiger partial charge in [-0.2, -0.15) is 0 Å². The Bertz CT molecular complexity index is 2750. The fraction of sp³-hybridized carbons (Fsp3) is 0.0652. The van der Waals surface area contributed by atoms with Gasteiger partial charge in [0, 0.05) is 16.7 Å². The van der Waals surface area contributed by atoms with Crippen molar-refractivity contribution in [2.24, 2.45) is 0 Å². The average molecular weight is 613 g/mol. The molecular weight excluding hydrogens is 581 g/mol. The van der Waals surface area contributed by atoms with E-state index in [1.54, 1.807) is 0 Å². The third-order valence-corrected chi connectivity index (χ3v) is 10.5.